The van der Waals surface area contributed by atoms with E-state index in [1.165, 1.54) is 30.2 Å². The van der Waals surface area contributed by atoms with Gasteiger partial charge in [-0.2, -0.15) is 18.3 Å². The van der Waals surface area contributed by atoms with Gasteiger partial charge in [0, 0.05) is 41.7 Å². The highest BCUT2D eigenvalue weighted by molar-refractivity contribution is 6.08. The molecule has 0 radical (unpaired) electrons. The van der Waals surface area contributed by atoms with Gasteiger partial charge in [0.15, 0.2) is 5.78 Å². The Morgan fingerprint density at radius 2 is 1.94 bits per heavy atom. The van der Waals surface area contributed by atoms with Crippen LogP contribution in [0, 0.1) is 13.8 Å². The lowest BCUT2D eigenvalue weighted by molar-refractivity contribution is -0.138. The van der Waals surface area contributed by atoms with Gasteiger partial charge in [0.05, 0.1) is 17.8 Å². The number of alkyl halides is 3. The highest BCUT2D eigenvalue weighted by atomic mass is 19.4. The van der Waals surface area contributed by atoms with Gasteiger partial charge < -0.3 is 4.90 Å². The first-order valence-corrected chi connectivity index (χ1v) is 10.1. The Kier molecular flexibility index (Phi) is 5.36. The quantitative estimate of drug-likeness (QED) is 0.556. The lowest BCUT2D eigenvalue weighted by Crippen LogP contribution is -2.43. The third kappa shape index (κ3) is 3.90. The first kappa shape index (κ1) is 21.7. The maximum Gasteiger partial charge on any atom is 0.416 e. The third-order valence-corrected chi connectivity index (χ3v) is 5.58. The van der Waals surface area contributed by atoms with Gasteiger partial charge in [-0.05, 0) is 56.7 Å². The molecule has 3 heterocycles. The maximum atomic E-state index is 13.3. The van der Waals surface area contributed by atoms with Gasteiger partial charge >= 0.3 is 6.18 Å². The van der Waals surface area contributed by atoms with E-state index in [1.807, 2.05) is 6.92 Å². The van der Waals surface area contributed by atoms with Gasteiger partial charge in [-0.1, -0.05) is 0 Å². The fourth-order valence-electron chi connectivity index (χ4n) is 4.00. The van der Waals surface area contributed by atoms with E-state index in [0.29, 0.717) is 22.5 Å². The largest absolute Gasteiger partial charge is 0.416 e. The number of hydrogen-bond acceptors (Lipinski definition) is 4. The highest BCUT2D eigenvalue weighted by Crippen LogP contribution is 2.35. The lowest BCUT2D eigenvalue weighted by atomic mass is 10.0. The normalized spacial score (nSPS) is 16.2. The standard InChI is InChI=1S/C23H21F3N4O2/c1-13-8-18(4-5-19(13)23(24,25)26)29-12-15(3)30-21(22(29)32)17(11-28-30)10-20(31)16-6-7-27-14(2)9-16/h4-9,11,15H,10,12H2,1-3H3/t15-/m0/s1. The number of aromatic nitrogens is 3. The van der Waals surface area contributed by atoms with Crippen LogP contribution in [0.4, 0.5) is 18.9 Å². The zero-order valence-electron chi connectivity index (χ0n) is 17.8. The zero-order chi connectivity index (χ0) is 23.2. The molecule has 1 aliphatic rings. The van der Waals surface area contributed by atoms with Crippen molar-refractivity contribution in [2.24, 2.45) is 0 Å². The molecule has 1 amide bonds. The minimum absolute atomic E-state index is 0.0167. The van der Waals surface area contributed by atoms with E-state index < -0.39 is 17.6 Å². The van der Waals surface area contributed by atoms with Gasteiger partial charge in [0.2, 0.25) is 0 Å². The summed E-state index contributed by atoms with van der Waals surface area (Å²) < 4.78 is 41.0. The number of benzene rings is 1. The average Bonchev–Trinajstić information content (AvgIpc) is 3.14. The molecular weight excluding hydrogens is 421 g/mol. The lowest BCUT2D eigenvalue weighted by Gasteiger charge is -2.32. The smallest absolute Gasteiger partial charge is 0.305 e. The average molecular weight is 442 g/mol. The number of aryl methyl sites for hydroxylation is 2. The van der Waals surface area contributed by atoms with Crippen molar-refractivity contribution in [1.29, 1.82) is 0 Å². The molecule has 0 saturated heterocycles. The molecule has 0 fully saturated rings. The van der Waals surface area contributed by atoms with Gasteiger partial charge in [-0.25, -0.2) is 0 Å². The summed E-state index contributed by atoms with van der Waals surface area (Å²) in [4.78, 5) is 31.6. The molecular formula is C23H21F3N4O2. The Hall–Kier alpha value is -3.49. The Balaban J connectivity index is 1.66. The van der Waals surface area contributed by atoms with Crippen molar-refractivity contribution in [3.63, 3.8) is 0 Å². The van der Waals surface area contributed by atoms with E-state index in [2.05, 4.69) is 10.1 Å². The molecule has 1 atom stereocenters. The molecule has 6 nitrogen and oxygen atoms in total. The molecule has 0 saturated carbocycles. The Labute approximate surface area is 182 Å². The van der Waals surface area contributed by atoms with Crippen LogP contribution < -0.4 is 4.90 Å². The second-order valence-electron chi connectivity index (χ2n) is 8.01. The summed E-state index contributed by atoms with van der Waals surface area (Å²) in [5.74, 6) is -0.567. The summed E-state index contributed by atoms with van der Waals surface area (Å²) in [6, 6.07) is 6.75. The van der Waals surface area contributed by atoms with Crippen LogP contribution in [-0.4, -0.2) is 33.0 Å². The predicted octanol–water partition coefficient (Wildman–Crippen LogP) is 4.56. The van der Waals surface area contributed by atoms with E-state index >= 15 is 0 Å². The van der Waals surface area contributed by atoms with Crippen molar-refractivity contribution in [1.82, 2.24) is 14.8 Å². The minimum Gasteiger partial charge on any atom is -0.305 e. The number of rotatable bonds is 4. The minimum atomic E-state index is -4.46. The number of pyridine rings is 1. The highest BCUT2D eigenvalue weighted by Gasteiger charge is 2.36. The van der Waals surface area contributed by atoms with Crippen LogP contribution in [0.15, 0.2) is 42.7 Å². The number of carbonyl (C=O) groups excluding carboxylic acids is 2. The number of Topliss-reactive ketones (excluding diaryl/α,β-unsaturated/α-hetero) is 1. The van der Waals surface area contributed by atoms with Crippen molar-refractivity contribution < 1.29 is 22.8 Å². The number of halogens is 3. The summed E-state index contributed by atoms with van der Waals surface area (Å²) in [6.07, 6.45) is -1.41. The molecule has 4 rings (SSSR count). The van der Waals surface area contributed by atoms with Gasteiger partial charge in [0.1, 0.15) is 5.69 Å². The number of anilines is 1. The molecule has 1 aromatic carbocycles. The fourth-order valence-corrected chi connectivity index (χ4v) is 4.00. The number of fused-ring (bicyclic) bond motifs is 1. The van der Waals surface area contributed by atoms with Crippen LogP contribution in [0.25, 0.3) is 0 Å². The first-order valence-electron chi connectivity index (χ1n) is 10.1. The van der Waals surface area contributed by atoms with E-state index in [4.69, 9.17) is 0 Å². The summed E-state index contributed by atoms with van der Waals surface area (Å²) in [5.41, 5.74) is 1.64. The number of ketones is 1. The van der Waals surface area contributed by atoms with Gasteiger partial charge in [-0.15, -0.1) is 0 Å². The van der Waals surface area contributed by atoms with Crippen molar-refractivity contribution in [3.8, 4) is 0 Å². The van der Waals surface area contributed by atoms with Crippen LogP contribution >= 0.6 is 0 Å². The summed E-state index contributed by atoms with van der Waals surface area (Å²) >= 11 is 0. The van der Waals surface area contributed by atoms with Crippen LogP contribution in [0.2, 0.25) is 0 Å². The topological polar surface area (TPSA) is 68.1 Å². The molecule has 0 bridgehead atoms. The Morgan fingerprint density at radius 1 is 1.19 bits per heavy atom. The SMILES string of the molecule is Cc1cc(C(=O)Cc2cnn3c2C(=O)N(c2ccc(C(F)(F)F)c(C)c2)C[C@@H]3C)ccn1. The molecule has 0 N–H and O–H groups in total. The summed E-state index contributed by atoms with van der Waals surface area (Å²) in [7, 11) is 0. The van der Waals surface area contributed by atoms with Crippen LogP contribution in [-0.2, 0) is 12.6 Å². The molecule has 0 spiro atoms. The van der Waals surface area contributed by atoms with E-state index in [9.17, 15) is 22.8 Å². The predicted molar refractivity (Wildman–Crippen MR) is 112 cm³/mol. The Morgan fingerprint density at radius 3 is 2.59 bits per heavy atom. The Bertz CT molecular complexity index is 1220. The van der Waals surface area contributed by atoms with Crippen molar-refractivity contribution in [3.05, 3.63) is 76.4 Å². The van der Waals surface area contributed by atoms with Crippen molar-refractivity contribution >= 4 is 17.4 Å². The van der Waals surface area contributed by atoms with Crippen LogP contribution in [0.3, 0.4) is 0 Å². The molecule has 9 heteroatoms. The molecule has 0 aliphatic carbocycles. The number of carbonyl (C=O) groups is 2. The molecule has 32 heavy (non-hydrogen) atoms. The number of hydrogen-bond donors (Lipinski definition) is 0. The third-order valence-electron chi connectivity index (χ3n) is 5.58. The summed E-state index contributed by atoms with van der Waals surface area (Å²) in [5, 5.41) is 4.30. The second-order valence-corrected chi connectivity index (χ2v) is 8.01. The molecule has 1 aliphatic heterocycles. The molecule has 0 unspecified atom stereocenters. The fraction of sp³-hybridized carbons (Fsp3) is 0.304. The molecule has 3 aromatic rings. The van der Waals surface area contributed by atoms with Gasteiger partial charge in [0.25, 0.3) is 5.91 Å². The number of nitrogens with zero attached hydrogens (tertiary/aromatic N) is 4. The second kappa shape index (κ2) is 7.89. The monoisotopic (exact) mass is 442 g/mol. The van der Waals surface area contributed by atoms with E-state index in [-0.39, 0.29) is 36.0 Å². The first-order chi connectivity index (χ1) is 15.1. The van der Waals surface area contributed by atoms with E-state index in [1.54, 1.807) is 29.9 Å². The van der Waals surface area contributed by atoms with Crippen LogP contribution in [0.1, 0.15) is 56.2 Å². The van der Waals surface area contributed by atoms with Crippen LogP contribution in [0.5, 0.6) is 0 Å². The molecule has 166 valence electrons. The van der Waals surface area contributed by atoms with Crippen molar-refractivity contribution in [2.45, 2.75) is 39.4 Å². The van der Waals surface area contributed by atoms with E-state index in [0.717, 1.165) is 6.07 Å². The zero-order valence-corrected chi connectivity index (χ0v) is 17.8. The van der Waals surface area contributed by atoms with Crippen molar-refractivity contribution in [2.75, 3.05) is 11.4 Å². The summed E-state index contributed by atoms with van der Waals surface area (Å²) in [6.45, 7) is 5.28. The molecule has 2 aromatic heterocycles. The maximum absolute atomic E-state index is 13.3. The van der Waals surface area contributed by atoms with Gasteiger partial charge in [-0.3, -0.25) is 19.3 Å². The number of amides is 1.